The van der Waals surface area contributed by atoms with Crippen LogP contribution in [0.2, 0.25) is 0 Å². The van der Waals surface area contributed by atoms with E-state index in [0.29, 0.717) is 24.3 Å². The van der Waals surface area contributed by atoms with E-state index in [1.807, 2.05) is 18.2 Å². The molecule has 1 aromatic heterocycles. The molecule has 2 aromatic rings. The summed E-state index contributed by atoms with van der Waals surface area (Å²) in [6, 6.07) is 10.2. The van der Waals surface area contributed by atoms with E-state index in [1.165, 1.54) is 35.1 Å². The Hall–Kier alpha value is -1.60. The number of hydrogen-bond acceptors (Lipinski definition) is 7. The van der Waals surface area contributed by atoms with Gasteiger partial charge in [-0.3, -0.25) is 4.79 Å². The smallest absolute Gasteiger partial charge is 0.316 e. The molecule has 3 atom stereocenters. The van der Waals surface area contributed by atoms with E-state index in [-0.39, 0.29) is 17.8 Å². The van der Waals surface area contributed by atoms with Gasteiger partial charge in [0.15, 0.2) is 4.34 Å². The summed E-state index contributed by atoms with van der Waals surface area (Å²) in [5, 5.41) is 12.4. The number of ether oxygens (including phenoxy) is 1. The lowest BCUT2D eigenvalue weighted by molar-refractivity contribution is -0.152. The third-order valence-electron chi connectivity index (χ3n) is 5.25. The van der Waals surface area contributed by atoms with Gasteiger partial charge in [-0.1, -0.05) is 80.6 Å². The maximum Gasteiger partial charge on any atom is 0.316 e. The second-order valence-electron chi connectivity index (χ2n) is 7.86. The van der Waals surface area contributed by atoms with Crippen LogP contribution in [0, 0.1) is 17.8 Å². The van der Waals surface area contributed by atoms with Crippen LogP contribution in [0.25, 0.3) is 0 Å². The summed E-state index contributed by atoms with van der Waals surface area (Å²) in [5.74, 6) is 1.77. The van der Waals surface area contributed by atoms with Gasteiger partial charge < -0.3 is 10.1 Å². The topological polar surface area (TPSA) is 64.1 Å². The molecule has 1 saturated carbocycles. The lowest BCUT2D eigenvalue weighted by Crippen LogP contribution is -2.36. The van der Waals surface area contributed by atoms with Gasteiger partial charge in [0.2, 0.25) is 5.13 Å². The number of anilines is 1. The Morgan fingerprint density at radius 3 is 2.82 bits per heavy atom. The van der Waals surface area contributed by atoms with Crippen molar-refractivity contribution in [1.29, 1.82) is 0 Å². The van der Waals surface area contributed by atoms with Gasteiger partial charge in [-0.15, -0.1) is 10.2 Å². The molecule has 1 fully saturated rings. The Morgan fingerprint density at radius 2 is 2.07 bits per heavy atom. The zero-order valence-electron chi connectivity index (χ0n) is 16.8. The number of carbonyl (C=O) groups excluding carboxylic acids is 1. The Morgan fingerprint density at radius 1 is 1.29 bits per heavy atom. The molecule has 1 aromatic carbocycles. The summed E-state index contributed by atoms with van der Waals surface area (Å²) in [6.45, 7) is 7.40. The van der Waals surface area contributed by atoms with Gasteiger partial charge in [0.1, 0.15) is 6.10 Å². The number of benzene rings is 1. The Bertz CT molecular complexity index is 751. The first-order chi connectivity index (χ1) is 13.5. The minimum atomic E-state index is -0.149. The van der Waals surface area contributed by atoms with Crippen LogP contribution in [0.3, 0.4) is 0 Å². The summed E-state index contributed by atoms with van der Waals surface area (Å²) in [7, 11) is 0. The third kappa shape index (κ3) is 6.21. The number of rotatable bonds is 8. The van der Waals surface area contributed by atoms with Crippen molar-refractivity contribution < 1.29 is 9.53 Å². The Kier molecular flexibility index (Phi) is 7.73. The van der Waals surface area contributed by atoms with Gasteiger partial charge >= 0.3 is 5.97 Å². The minimum Gasteiger partial charge on any atom is -0.461 e. The van der Waals surface area contributed by atoms with Crippen LogP contribution in [-0.2, 0) is 16.1 Å². The van der Waals surface area contributed by atoms with E-state index in [0.717, 1.165) is 22.3 Å². The molecule has 28 heavy (non-hydrogen) atoms. The highest BCUT2D eigenvalue weighted by Gasteiger charge is 2.33. The Labute approximate surface area is 175 Å². The Balaban J connectivity index is 1.45. The fourth-order valence-corrected chi connectivity index (χ4v) is 5.22. The molecular formula is C21H29N3O2S2. The van der Waals surface area contributed by atoms with Crippen LogP contribution in [0.15, 0.2) is 34.7 Å². The number of nitrogens with one attached hydrogen (secondary N) is 1. The van der Waals surface area contributed by atoms with E-state index < -0.39 is 0 Å². The fourth-order valence-electron chi connectivity index (χ4n) is 3.69. The first kappa shape index (κ1) is 21.1. The standard InChI is InChI=1S/C21H29N3O2S2/c1-14(2)17-10-9-15(3)11-18(17)26-19(25)13-27-21-24-23-20(28-21)22-12-16-7-5-4-6-8-16/h4-8,14-15,17-18H,9-13H2,1-3H3,(H,22,23)/t15-,17-,18+/m1/s1. The lowest BCUT2D eigenvalue weighted by atomic mass is 9.75. The number of aromatic nitrogens is 2. The maximum atomic E-state index is 12.4. The van der Waals surface area contributed by atoms with Crippen molar-refractivity contribution in [3.8, 4) is 0 Å². The summed E-state index contributed by atoms with van der Waals surface area (Å²) < 4.78 is 6.63. The molecule has 0 amide bonds. The molecule has 3 rings (SSSR count). The first-order valence-electron chi connectivity index (χ1n) is 9.95. The normalized spacial score (nSPS) is 22.2. The highest BCUT2D eigenvalue weighted by Crippen LogP contribution is 2.35. The molecule has 5 nitrogen and oxygen atoms in total. The average molecular weight is 420 g/mol. The van der Waals surface area contributed by atoms with E-state index >= 15 is 0 Å². The monoisotopic (exact) mass is 419 g/mol. The van der Waals surface area contributed by atoms with Crippen molar-refractivity contribution in [3.05, 3.63) is 35.9 Å². The van der Waals surface area contributed by atoms with Gasteiger partial charge in [0, 0.05) is 6.54 Å². The molecule has 0 unspecified atom stereocenters. The number of carbonyl (C=O) groups is 1. The van der Waals surface area contributed by atoms with Gasteiger partial charge in [-0.2, -0.15) is 0 Å². The molecule has 0 saturated heterocycles. The molecular weight excluding hydrogens is 390 g/mol. The number of hydrogen-bond donors (Lipinski definition) is 1. The molecule has 1 heterocycles. The lowest BCUT2D eigenvalue weighted by Gasteiger charge is -2.36. The molecule has 152 valence electrons. The maximum absolute atomic E-state index is 12.4. The average Bonchev–Trinajstić information content (AvgIpc) is 3.13. The molecule has 7 heteroatoms. The zero-order valence-corrected chi connectivity index (χ0v) is 18.4. The molecule has 0 radical (unpaired) electrons. The predicted molar refractivity (Wildman–Crippen MR) is 116 cm³/mol. The summed E-state index contributed by atoms with van der Waals surface area (Å²) >= 11 is 2.87. The van der Waals surface area contributed by atoms with Crippen LogP contribution >= 0.6 is 23.1 Å². The van der Waals surface area contributed by atoms with Gasteiger partial charge in [-0.05, 0) is 36.2 Å². The fraction of sp³-hybridized carbons (Fsp3) is 0.571. The number of nitrogens with zero attached hydrogens (tertiary/aromatic N) is 2. The molecule has 0 spiro atoms. The van der Waals surface area contributed by atoms with Gasteiger partial charge in [0.05, 0.1) is 5.75 Å². The number of esters is 1. The minimum absolute atomic E-state index is 0.0503. The van der Waals surface area contributed by atoms with Crippen molar-refractivity contribution >= 4 is 34.2 Å². The van der Waals surface area contributed by atoms with Crippen LogP contribution in [0.5, 0.6) is 0 Å². The van der Waals surface area contributed by atoms with E-state index in [1.54, 1.807) is 0 Å². The molecule has 0 bridgehead atoms. The van der Waals surface area contributed by atoms with E-state index in [2.05, 4.69) is 48.4 Å². The second-order valence-corrected chi connectivity index (χ2v) is 10.1. The second kappa shape index (κ2) is 10.3. The highest BCUT2D eigenvalue weighted by atomic mass is 32.2. The first-order valence-corrected chi connectivity index (χ1v) is 11.7. The van der Waals surface area contributed by atoms with Crippen molar-refractivity contribution in [3.63, 3.8) is 0 Å². The number of thioether (sulfide) groups is 1. The molecule has 0 aliphatic heterocycles. The van der Waals surface area contributed by atoms with Crippen molar-refractivity contribution in [1.82, 2.24) is 10.2 Å². The highest BCUT2D eigenvalue weighted by molar-refractivity contribution is 8.01. The van der Waals surface area contributed by atoms with Crippen molar-refractivity contribution in [2.24, 2.45) is 17.8 Å². The van der Waals surface area contributed by atoms with E-state index in [4.69, 9.17) is 4.74 Å². The summed E-state index contributed by atoms with van der Waals surface area (Å²) in [6.07, 6.45) is 3.41. The SMILES string of the molecule is CC(C)[C@H]1CC[C@@H](C)C[C@@H]1OC(=O)CSc1nnc(NCc2ccccc2)s1. The van der Waals surface area contributed by atoms with Crippen molar-refractivity contribution in [2.45, 2.75) is 57.0 Å². The third-order valence-corrected chi connectivity index (χ3v) is 7.24. The molecule has 1 aliphatic carbocycles. The van der Waals surface area contributed by atoms with Crippen LogP contribution in [-0.4, -0.2) is 28.0 Å². The summed E-state index contributed by atoms with van der Waals surface area (Å²) in [4.78, 5) is 12.4. The largest absolute Gasteiger partial charge is 0.461 e. The van der Waals surface area contributed by atoms with Crippen LogP contribution in [0.1, 0.15) is 45.6 Å². The predicted octanol–water partition coefficient (Wildman–Crippen LogP) is 5.25. The van der Waals surface area contributed by atoms with Gasteiger partial charge in [0.25, 0.3) is 0 Å². The zero-order chi connectivity index (χ0) is 19.9. The van der Waals surface area contributed by atoms with Crippen LogP contribution in [0.4, 0.5) is 5.13 Å². The molecule has 1 N–H and O–H groups in total. The van der Waals surface area contributed by atoms with Crippen molar-refractivity contribution in [2.75, 3.05) is 11.1 Å². The molecule has 1 aliphatic rings. The quantitative estimate of drug-likeness (QED) is 0.466. The summed E-state index contributed by atoms with van der Waals surface area (Å²) in [5.41, 5.74) is 1.19. The van der Waals surface area contributed by atoms with Crippen LogP contribution < -0.4 is 5.32 Å². The van der Waals surface area contributed by atoms with E-state index in [9.17, 15) is 4.79 Å². The van der Waals surface area contributed by atoms with Gasteiger partial charge in [-0.25, -0.2) is 0 Å².